The molecule has 3 rings (SSSR count). The lowest BCUT2D eigenvalue weighted by Gasteiger charge is -2.28. The van der Waals surface area contributed by atoms with Gasteiger partial charge in [0.05, 0.1) is 13.2 Å². The molecule has 1 aliphatic heterocycles. The first-order valence-electron chi connectivity index (χ1n) is 8.61. The summed E-state index contributed by atoms with van der Waals surface area (Å²) >= 11 is 0. The number of methoxy groups -OCH3 is 1. The topological polar surface area (TPSA) is 58.5 Å². The van der Waals surface area contributed by atoms with Gasteiger partial charge in [-0.25, -0.2) is 9.97 Å². The van der Waals surface area contributed by atoms with Gasteiger partial charge in [-0.05, 0) is 49.6 Å². The van der Waals surface area contributed by atoms with Crippen LogP contribution in [0.1, 0.15) is 35.3 Å². The number of β-amino-alcohol motifs (C(OH)–C–C–N with tert-alkyl or cyclic N) is 1. The highest BCUT2D eigenvalue weighted by atomic mass is 16.5. The van der Waals surface area contributed by atoms with Gasteiger partial charge in [-0.1, -0.05) is 18.2 Å². The van der Waals surface area contributed by atoms with Crippen molar-refractivity contribution in [1.29, 1.82) is 0 Å². The quantitative estimate of drug-likeness (QED) is 0.908. The highest BCUT2D eigenvalue weighted by molar-refractivity contribution is 5.61. The van der Waals surface area contributed by atoms with Crippen molar-refractivity contribution in [2.75, 3.05) is 26.7 Å². The molecule has 0 aliphatic carbocycles. The normalized spacial score (nSPS) is 16.4. The number of aromatic nitrogens is 2. The second-order valence-corrected chi connectivity index (χ2v) is 6.50. The van der Waals surface area contributed by atoms with Crippen molar-refractivity contribution >= 4 is 5.57 Å². The fourth-order valence-corrected chi connectivity index (χ4v) is 3.13. The summed E-state index contributed by atoms with van der Waals surface area (Å²) in [5, 5.41) is 10.5. The van der Waals surface area contributed by atoms with Gasteiger partial charge in [-0.2, -0.15) is 0 Å². The van der Waals surface area contributed by atoms with Crippen LogP contribution in [-0.4, -0.2) is 46.7 Å². The van der Waals surface area contributed by atoms with Crippen LogP contribution in [0, 0.1) is 13.8 Å². The van der Waals surface area contributed by atoms with E-state index in [1.165, 1.54) is 5.57 Å². The molecule has 0 saturated heterocycles. The molecular weight excluding hydrogens is 314 g/mol. The van der Waals surface area contributed by atoms with Crippen LogP contribution in [0.25, 0.3) is 5.57 Å². The molecule has 0 radical (unpaired) electrons. The molecule has 2 aromatic rings. The number of aliphatic hydroxyl groups excluding tert-OH is 1. The van der Waals surface area contributed by atoms with Crippen LogP contribution in [0.5, 0.6) is 5.75 Å². The summed E-state index contributed by atoms with van der Waals surface area (Å²) in [4.78, 5) is 11.3. The molecule has 0 amide bonds. The van der Waals surface area contributed by atoms with Gasteiger partial charge in [0, 0.05) is 31.0 Å². The van der Waals surface area contributed by atoms with Crippen molar-refractivity contribution in [3.63, 3.8) is 0 Å². The van der Waals surface area contributed by atoms with Crippen LogP contribution in [0.3, 0.4) is 0 Å². The van der Waals surface area contributed by atoms with E-state index in [1.807, 2.05) is 44.2 Å². The van der Waals surface area contributed by atoms with Crippen LogP contribution in [0.4, 0.5) is 0 Å². The molecule has 1 aliphatic rings. The highest BCUT2D eigenvalue weighted by Crippen LogP contribution is 2.23. The summed E-state index contributed by atoms with van der Waals surface area (Å²) in [5.41, 5.74) is 4.11. The zero-order valence-electron chi connectivity index (χ0n) is 15.1. The zero-order valence-corrected chi connectivity index (χ0v) is 15.1. The molecule has 0 spiro atoms. The predicted molar refractivity (Wildman–Crippen MR) is 98.5 cm³/mol. The van der Waals surface area contributed by atoms with Crippen molar-refractivity contribution in [3.05, 3.63) is 59.2 Å². The number of ether oxygens (including phenoxy) is 1. The van der Waals surface area contributed by atoms with Gasteiger partial charge in [-0.3, -0.25) is 4.90 Å². The second kappa shape index (κ2) is 7.76. The van der Waals surface area contributed by atoms with E-state index in [2.05, 4.69) is 20.9 Å². The van der Waals surface area contributed by atoms with Crippen molar-refractivity contribution in [2.45, 2.75) is 26.4 Å². The standard InChI is InChI=1S/C20H25N3O2/c1-14-12-15(2)22-20(21-14)17-8-10-23(11-9-17)13-19(24)16-4-6-18(25-3)7-5-16/h4-8,12,19,24H,9-11,13H2,1-3H3. The largest absolute Gasteiger partial charge is 0.497 e. The molecule has 132 valence electrons. The van der Waals surface area contributed by atoms with E-state index in [-0.39, 0.29) is 0 Å². The van der Waals surface area contributed by atoms with Gasteiger partial charge in [0.25, 0.3) is 0 Å². The van der Waals surface area contributed by atoms with Crippen molar-refractivity contribution in [3.8, 4) is 5.75 Å². The lowest BCUT2D eigenvalue weighted by atomic mass is 10.0. The Labute approximate surface area is 149 Å². The third-order valence-corrected chi connectivity index (χ3v) is 4.49. The molecule has 5 nitrogen and oxygen atoms in total. The van der Waals surface area contributed by atoms with Crippen LogP contribution in [0.2, 0.25) is 0 Å². The first kappa shape index (κ1) is 17.6. The Morgan fingerprint density at radius 3 is 2.40 bits per heavy atom. The number of hydrogen-bond acceptors (Lipinski definition) is 5. The van der Waals surface area contributed by atoms with Gasteiger partial charge < -0.3 is 9.84 Å². The summed E-state index contributed by atoms with van der Waals surface area (Å²) in [7, 11) is 1.64. The van der Waals surface area contributed by atoms with E-state index in [0.29, 0.717) is 6.54 Å². The van der Waals surface area contributed by atoms with Crippen LogP contribution < -0.4 is 4.74 Å². The molecule has 1 aromatic carbocycles. The van der Waals surface area contributed by atoms with E-state index in [4.69, 9.17) is 4.74 Å². The number of rotatable bonds is 5. The maximum absolute atomic E-state index is 10.5. The number of nitrogens with zero attached hydrogens (tertiary/aromatic N) is 3. The van der Waals surface area contributed by atoms with Crippen LogP contribution in [0.15, 0.2) is 36.4 Å². The maximum Gasteiger partial charge on any atom is 0.155 e. The van der Waals surface area contributed by atoms with E-state index in [1.54, 1.807) is 7.11 Å². The van der Waals surface area contributed by atoms with Crippen molar-refractivity contribution < 1.29 is 9.84 Å². The van der Waals surface area contributed by atoms with Crippen molar-refractivity contribution in [1.82, 2.24) is 14.9 Å². The third-order valence-electron chi connectivity index (χ3n) is 4.49. The Bertz CT molecular complexity index is 736. The number of aliphatic hydroxyl groups is 1. The maximum atomic E-state index is 10.5. The van der Waals surface area contributed by atoms with E-state index < -0.39 is 6.10 Å². The molecule has 0 bridgehead atoms. The van der Waals surface area contributed by atoms with E-state index >= 15 is 0 Å². The van der Waals surface area contributed by atoms with Gasteiger partial charge in [0.2, 0.25) is 0 Å². The summed E-state index contributed by atoms with van der Waals surface area (Å²) in [5.74, 6) is 1.64. The van der Waals surface area contributed by atoms with E-state index in [0.717, 1.165) is 48.0 Å². The Hall–Kier alpha value is -2.24. The SMILES string of the molecule is COc1ccc(C(O)CN2CC=C(c3nc(C)cc(C)n3)CC2)cc1. The first-order valence-corrected chi connectivity index (χ1v) is 8.61. The average Bonchev–Trinajstić information content (AvgIpc) is 2.61. The predicted octanol–water partition coefficient (Wildman–Crippen LogP) is 2.92. The Morgan fingerprint density at radius 2 is 1.84 bits per heavy atom. The highest BCUT2D eigenvalue weighted by Gasteiger charge is 2.18. The van der Waals surface area contributed by atoms with Crippen LogP contribution in [-0.2, 0) is 0 Å². The monoisotopic (exact) mass is 339 g/mol. The summed E-state index contributed by atoms with van der Waals surface area (Å²) < 4.78 is 5.16. The van der Waals surface area contributed by atoms with E-state index in [9.17, 15) is 5.11 Å². The minimum atomic E-state index is -0.502. The molecule has 5 heteroatoms. The molecule has 1 unspecified atom stereocenters. The molecular formula is C20H25N3O2. The Kier molecular flexibility index (Phi) is 5.46. The minimum absolute atomic E-state index is 0.502. The molecule has 25 heavy (non-hydrogen) atoms. The Balaban J connectivity index is 1.62. The zero-order chi connectivity index (χ0) is 17.8. The fourth-order valence-electron chi connectivity index (χ4n) is 3.13. The summed E-state index contributed by atoms with van der Waals surface area (Å²) in [6.45, 7) is 6.32. The molecule has 1 N–H and O–H groups in total. The smallest absolute Gasteiger partial charge is 0.155 e. The lowest BCUT2D eigenvalue weighted by molar-refractivity contribution is 0.119. The Morgan fingerprint density at radius 1 is 1.16 bits per heavy atom. The minimum Gasteiger partial charge on any atom is -0.497 e. The number of aryl methyl sites for hydroxylation is 2. The molecule has 0 saturated carbocycles. The molecule has 1 aromatic heterocycles. The van der Waals surface area contributed by atoms with Gasteiger partial charge >= 0.3 is 0 Å². The fraction of sp³-hybridized carbons (Fsp3) is 0.400. The average molecular weight is 339 g/mol. The number of hydrogen-bond donors (Lipinski definition) is 1. The lowest BCUT2D eigenvalue weighted by Crippen LogP contribution is -2.32. The summed E-state index contributed by atoms with van der Waals surface area (Å²) in [6.07, 6.45) is 2.58. The van der Waals surface area contributed by atoms with Gasteiger partial charge in [-0.15, -0.1) is 0 Å². The summed E-state index contributed by atoms with van der Waals surface area (Å²) in [6, 6.07) is 9.58. The van der Waals surface area contributed by atoms with Crippen molar-refractivity contribution in [2.24, 2.45) is 0 Å². The van der Waals surface area contributed by atoms with Gasteiger partial charge in [0.15, 0.2) is 5.82 Å². The van der Waals surface area contributed by atoms with Gasteiger partial charge in [0.1, 0.15) is 5.75 Å². The first-order chi connectivity index (χ1) is 12.0. The number of benzene rings is 1. The second-order valence-electron chi connectivity index (χ2n) is 6.50. The third kappa shape index (κ3) is 4.44. The van der Waals surface area contributed by atoms with Crippen LogP contribution >= 0.6 is 0 Å². The molecule has 1 atom stereocenters. The molecule has 0 fully saturated rings. The molecule has 2 heterocycles.